The molecule has 0 aliphatic carbocycles. The average Bonchev–Trinajstić information content (AvgIpc) is 1.71. The highest BCUT2D eigenvalue weighted by atomic mass is 17.2. The van der Waals surface area contributed by atoms with Crippen LogP contribution in [0.5, 0.6) is 167 Å². The van der Waals surface area contributed by atoms with E-state index in [1.165, 1.54) is 0 Å². The second-order valence-electron chi connectivity index (χ2n) is 26.5. The fourth-order valence-electron chi connectivity index (χ4n) is 12.4. The van der Waals surface area contributed by atoms with Gasteiger partial charge in [-0.1, -0.05) is 0 Å². The molecule has 4 aliphatic rings. The van der Waals surface area contributed by atoms with Gasteiger partial charge in [-0.15, -0.1) is 4.89 Å². The van der Waals surface area contributed by atoms with Crippen molar-refractivity contribution < 1.29 is 248 Å². The monoisotopic (exact) mass is 1750 g/mol. The maximum Gasteiger partial charge on any atom is 0.373 e. The van der Waals surface area contributed by atoms with E-state index in [2.05, 4.69) is 0 Å². The number of hydrogen-bond acceptors (Lipinski definition) is 50. The molecular formula is C75H54O50. The summed E-state index contributed by atoms with van der Waals surface area (Å²) in [5, 5.41) is 281. The van der Waals surface area contributed by atoms with Crippen LogP contribution < -0.4 is 9.47 Å². The molecule has 2 saturated heterocycles. The van der Waals surface area contributed by atoms with E-state index in [0.717, 1.165) is 0 Å². The topological polar surface area (TPSA) is 818 Å². The molecule has 4 heterocycles. The first-order chi connectivity index (χ1) is 58.9. The summed E-state index contributed by atoms with van der Waals surface area (Å²) in [5.74, 6) is -58.3. The summed E-state index contributed by atoms with van der Waals surface area (Å²) < 4.78 is 61.9. The maximum atomic E-state index is 15.5. The van der Waals surface area contributed by atoms with Crippen LogP contribution >= 0.6 is 0 Å². The lowest BCUT2D eigenvalue weighted by atomic mass is 9.92. The van der Waals surface area contributed by atoms with Crippen molar-refractivity contribution in [1.82, 2.24) is 0 Å². The standard InChI is InChI=1S/C75H54O50/c76-26-1-17(2-27(77)44(26)88)65(102)111-15-40-53(97)61(118-66(103)18-3-28(78)45(89)29(79)4-18)63-74(115-40)121-67(104)21-9-34(84)48(92)38(10-21)113-59-25(73(110)119-63)14-39(52(96)57(59)101)114-58-24(13-37(87)51(95)56(58)100)72(109)120-64-62(122-123-68(105)19-5-30(80)46(90)31(81)6-19)60-41(116-75(64)125-124-69(106)20-7-32(82)47(91)33(83)8-20)16-112-70(107)22-11-35(85)49(93)54(98)42(22)43-23(71(108)117-60)12-36(86)50(94)55(43)99/h1-14,40-41,53,60-64,74-101H,15-16H2. The summed E-state index contributed by atoms with van der Waals surface area (Å²) in [4.78, 5) is 150. The first-order valence-corrected chi connectivity index (χ1v) is 34.4. The van der Waals surface area contributed by atoms with E-state index in [1.807, 2.05) is 0 Å². The number of rotatable bonds is 15. The van der Waals surface area contributed by atoms with Crippen molar-refractivity contribution in [1.29, 1.82) is 0 Å². The minimum atomic E-state index is -3.09. The number of carbonyl (C=O) groups excluding carboxylic acids is 9. The van der Waals surface area contributed by atoms with Crippen molar-refractivity contribution in [2.45, 2.75) is 61.4 Å². The molecule has 10 unspecified atom stereocenters. The lowest BCUT2D eigenvalue weighted by molar-refractivity contribution is -0.421. The summed E-state index contributed by atoms with van der Waals surface area (Å²) in [6.07, 6.45) is -27.5. The van der Waals surface area contributed by atoms with E-state index < -0.39 is 356 Å². The van der Waals surface area contributed by atoms with Crippen LogP contribution in [0.4, 0.5) is 0 Å². The normalized spacial score (nSPS) is 19.6. The van der Waals surface area contributed by atoms with E-state index in [1.54, 1.807) is 0 Å². The summed E-state index contributed by atoms with van der Waals surface area (Å²) in [5.41, 5.74) is -12.6. The highest BCUT2D eigenvalue weighted by Gasteiger charge is 2.57. The van der Waals surface area contributed by atoms with Gasteiger partial charge in [-0.05, 0) is 72.8 Å². The maximum absolute atomic E-state index is 15.5. The largest absolute Gasteiger partial charge is 0.504 e. The molecule has 4 aliphatic heterocycles. The van der Waals surface area contributed by atoms with Crippen LogP contribution in [-0.2, 0) is 62.2 Å². The number of hydrogen-bond donors (Lipinski definition) is 26. The molecular weight excluding hydrogens is 1700 g/mol. The molecule has 9 aromatic carbocycles. The molecule has 13 rings (SSSR count). The third-order valence-electron chi connectivity index (χ3n) is 18.6. The van der Waals surface area contributed by atoms with Crippen molar-refractivity contribution in [2.24, 2.45) is 0 Å². The quantitative estimate of drug-likeness (QED) is 0.0230. The zero-order valence-corrected chi connectivity index (χ0v) is 61.2. The van der Waals surface area contributed by atoms with Crippen LogP contribution in [0.2, 0.25) is 0 Å². The molecule has 50 heteroatoms. The molecule has 2 bridgehead atoms. The number of esters is 7. The number of benzene rings is 9. The molecule has 0 spiro atoms. The number of phenols is 25. The second kappa shape index (κ2) is 32.7. The van der Waals surface area contributed by atoms with Crippen molar-refractivity contribution in [3.63, 3.8) is 0 Å². The van der Waals surface area contributed by atoms with Gasteiger partial charge in [0.1, 0.15) is 42.7 Å². The number of carbonyl (C=O) groups is 9. The van der Waals surface area contributed by atoms with Crippen LogP contribution in [0.25, 0.3) is 11.1 Å². The van der Waals surface area contributed by atoms with Gasteiger partial charge in [0.2, 0.25) is 58.9 Å². The van der Waals surface area contributed by atoms with Gasteiger partial charge in [-0.25, -0.2) is 43.2 Å². The predicted octanol–water partition coefficient (Wildman–Crippen LogP) is 3.03. The molecule has 9 aromatic rings. The number of aliphatic hydroxyl groups is 1. The molecule has 10 atom stereocenters. The Morgan fingerprint density at radius 3 is 1.34 bits per heavy atom. The van der Waals surface area contributed by atoms with Crippen LogP contribution in [-0.4, -0.2) is 261 Å². The smallest absolute Gasteiger partial charge is 0.373 e. The third kappa shape index (κ3) is 15.9. The van der Waals surface area contributed by atoms with E-state index in [-0.39, 0.29) is 18.2 Å². The molecule has 0 radical (unpaired) electrons. The Morgan fingerprint density at radius 2 is 0.808 bits per heavy atom. The fraction of sp³-hybridized carbons (Fsp3) is 0.160. The van der Waals surface area contributed by atoms with Gasteiger partial charge in [-0.3, -0.25) is 9.78 Å². The molecule has 2 fully saturated rings. The molecule has 125 heavy (non-hydrogen) atoms. The van der Waals surface area contributed by atoms with Crippen molar-refractivity contribution in [3.8, 4) is 178 Å². The van der Waals surface area contributed by atoms with Gasteiger partial charge < -0.3 is 185 Å². The minimum Gasteiger partial charge on any atom is -0.504 e. The SMILES string of the molecule is O=C(OCC1OC2OC(=O)c3cc(O)c(O)c(c3)Oc3c(cc(Oc4c(C(=O)OC5C(OOC(=O)c6cc(O)c(O)c(O)c6)OC6COC(=O)c7cc(O)c(O)c(O)c7-c7c(cc(O)c(O)c7O)C(=O)OC6C5OOC(=O)c5cc(O)c(O)c(O)c5)cc(O)c(O)c4O)c(O)c3O)C(=O)OC2C(OC(=O)c2cc(O)c(O)c(O)c2)C1O)c1cc(O)c(O)c(O)c1. The van der Waals surface area contributed by atoms with Crippen LogP contribution in [0.3, 0.4) is 0 Å². The first-order valence-electron chi connectivity index (χ1n) is 34.4. The summed E-state index contributed by atoms with van der Waals surface area (Å²) in [6, 6.07) is 5.51. The zero-order valence-electron chi connectivity index (χ0n) is 61.2. The Kier molecular flexibility index (Phi) is 22.4. The van der Waals surface area contributed by atoms with Gasteiger partial charge in [0.05, 0.1) is 38.9 Å². The van der Waals surface area contributed by atoms with E-state index in [0.29, 0.717) is 66.7 Å². The van der Waals surface area contributed by atoms with Crippen molar-refractivity contribution in [3.05, 3.63) is 135 Å². The third-order valence-corrected chi connectivity index (χ3v) is 18.6. The van der Waals surface area contributed by atoms with E-state index in [9.17, 15) is 162 Å². The van der Waals surface area contributed by atoms with Crippen LogP contribution in [0.1, 0.15) is 93.2 Å². The van der Waals surface area contributed by atoms with Gasteiger partial charge in [0, 0.05) is 23.3 Å². The number of ether oxygens (including phenoxy) is 11. The Bertz CT molecular complexity index is 5980. The predicted molar refractivity (Wildman–Crippen MR) is 382 cm³/mol. The Morgan fingerprint density at radius 1 is 0.368 bits per heavy atom. The van der Waals surface area contributed by atoms with E-state index in [4.69, 9.17) is 71.7 Å². The Hall–Kier alpha value is -17.4. The van der Waals surface area contributed by atoms with Gasteiger partial charge in [0.25, 0.3) is 0 Å². The molecule has 654 valence electrons. The Balaban J connectivity index is 0.935. The molecule has 50 nitrogen and oxygen atoms in total. The molecule has 0 aromatic heterocycles. The van der Waals surface area contributed by atoms with Crippen molar-refractivity contribution in [2.75, 3.05) is 13.2 Å². The number of fused-ring (bicyclic) bond motifs is 8. The fourth-order valence-corrected chi connectivity index (χ4v) is 12.4. The summed E-state index contributed by atoms with van der Waals surface area (Å²) in [7, 11) is 0. The lowest BCUT2D eigenvalue weighted by Gasteiger charge is -2.42. The number of aliphatic hydroxyl groups excluding tert-OH is 1. The molecule has 0 amide bonds. The van der Waals surface area contributed by atoms with Gasteiger partial charge >= 0.3 is 53.7 Å². The number of phenolic OH excluding ortho intramolecular Hbond substituents is 25. The highest BCUT2D eigenvalue weighted by Crippen LogP contribution is 2.57. The zero-order chi connectivity index (χ0) is 91.0. The summed E-state index contributed by atoms with van der Waals surface area (Å²) >= 11 is 0. The average molecular weight is 1760 g/mol. The molecule has 0 saturated carbocycles. The number of aromatic hydroxyl groups is 25. The minimum absolute atomic E-state index is 0.0820. The van der Waals surface area contributed by atoms with Gasteiger partial charge in [-0.2, -0.15) is 4.89 Å². The van der Waals surface area contributed by atoms with Crippen LogP contribution in [0, 0.1) is 0 Å². The van der Waals surface area contributed by atoms with E-state index >= 15 is 14.4 Å². The first kappa shape index (κ1) is 85.5. The van der Waals surface area contributed by atoms with Crippen LogP contribution in [0.15, 0.2) is 84.9 Å². The molecule has 26 N–H and O–H groups in total. The number of cyclic esters (lactones) is 1. The highest BCUT2D eigenvalue weighted by molar-refractivity contribution is 6.09. The lowest BCUT2D eigenvalue weighted by Crippen LogP contribution is -2.62. The summed E-state index contributed by atoms with van der Waals surface area (Å²) in [6.45, 7) is -2.84. The van der Waals surface area contributed by atoms with Crippen molar-refractivity contribution >= 4 is 53.7 Å². The van der Waals surface area contributed by atoms with Gasteiger partial charge in [0.15, 0.2) is 151 Å². The second-order valence-corrected chi connectivity index (χ2v) is 26.5. The Labute approximate surface area is 686 Å².